The second kappa shape index (κ2) is 7.97. The first-order chi connectivity index (χ1) is 12.6. The smallest absolute Gasteiger partial charge is 0.247 e. The monoisotopic (exact) mass is 375 g/mol. The van der Waals surface area contributed by atoms with Gasteiger partial charge >= 0.3 is 0 Å². The van der Waals surface area contributed by atoms with Gasteiger partial charge in [0.25, 0.3) is 0 Å². The molecule has 1 N–H and O–H groups in total. The Kier molecular flexibility index (Phi) is 5.48. The first-order valence-corrected chi connectivity index (χ1v) is 8.14. The largest absolute Gasteiger partial charge is 0.495 e. The molecule has 0 saturated heterocycles. The van der Waals surface area contributed by atoms with Gasteiger partial charge < -0.3 is 23.9 Å². The van der Waals surface area contributed by atoms with E-state index in [1.54, 1.807) is 51.7 Å². The summed E-state index contributed by atoms with van der Waals surface area (Å²) >= 11 is 6.02. The predicted octanol–water partition coefficient (Wildman–Crippen LogP) is 4.03. The summed E-state index contributed by atoms with van der Waals surface area (Å²) in [5.41, 5.74) is 1.48. The molecule has 0 spiro atoms. The van der Waals surface area contributed by atoms with E-state index in [0.29, 0.717) is 40.6 Å². The van der Waals surface area contributed by atoms with Gasteiger partial charge in [0.2, 0.25) is 11.8 Å². The fourth-order valence-corrected chi connectivity index (χ4v) is 2.57. The van der Waals surface area contributed by atoms with Crippen molar-refractivity contribution in [1.29, 1.82) is 0 Å². The van der Waals surface area contributed by atoms with Crippen LogP contribution in [0.25, 0.3) is 11.5 Å². The summed E-state index contributed by atoms with van der Waals surface area (Å²) in [5, 5.41) is 11.9. The molecule has 0 amide bonds. The molecule has 0 saturated carbocycles. The number of hydrogen-bond donors (Lipinski definition) is 1. The molecule has 0 unspecified atom stereocenters. The average molecular weight is 376 g/mol. The van der Waals surface area contributed by atoms with Crippen molar-refractivity contribution < 1.29 is 18.6 Å². The number of ether oxygens (including phenoxy) is 3. The second-order valence-corrected chi connectivity index (χ2v) is 5.71. The summed E-state index contributed by atoms with van der Waals surface area (Å²) in [4.78, 5) is 0. The molecule has 2 aromatic carbocycles. The molecule has 3 rings (SSSR count). The van der Waals surface area contributed by atoms with E-state index in [1.807, 2.05) is 6.07 Å². The Bertz CT molecular complexity index is 898. The summed E-state index contributed by atoms with van der Waals surface area (Å²) in [6, 6.07) is 10.7. The van der Waals surface area contributed by atoms with Crippen LogP contribution in [0.2, 0.25) is 5.02 Å². The summed E-state index contributed by atoms with van der Waals surface area (Å²) in [6.45, 7) is 0.330. The van der Waals surface area contributed by atoms with Crippen LogP contribution in [0.3, 0.4) is 0 Å². The van der Waals surface area contributed by atoms with E-state index in [9.17, 15) is 0 Å². The number of anilines is 1. The third kappa shape index (κ3) is 3.83. The highest BCUT2D eigenvalue weighted by Gasteiger charge is 2.13. The Hall–Kier alpha value is -2.93. The fraction of sp³-hybridized carbons (Fsp3) is 0.222. The third-order valence-electron chi connectivity index (χ3n) is 3.69. The standard InChI is InChI=1S/C18H18ClN3O4/c1-23-14-7-5-12(19)9-13(14)20-10-17-21-22-18(26-17)11-4-6-15(24-2)16(8-11)25-3/h4-9,20H,10H2,1-3H3. The van der Waals surface area contributed by atoms with E-state index in [1.165, 1.54) is 0 Å². The maximum Gasteiger partial charge on any atom is 0.247 e. The lowest BCUT2D eigenvalue weighted by atomic mass is 10.2. The second-order valence-electron chi connectivity index (χ2n) is 5.27. The molecule has 0 atom stereocenters. The van der Waals surface area contributed by atoms with Gasteiger partial charge in [-0.25, -0.2) is 0 Å². The summed E-state index contributed by atoms with van der Waals surface area (Å²) in [5.74, 6) is 2.71. The minimum Gasteiger partial charge on any atom is -0.495 e. The van der Waals surface area contributed by atoms with E-state index in [4.69, 9.17) is 30.2 Å². The van der Waals surface area contributed by atoms with Crippen LogP contribution in [-0.2, 0) is 6.54 Å². The highest BCUT2D eigenvalue weighted by Crippen LogP contribution is 2.32. The Morgan fingerprint density at radius 2 is 1.65 bits per heavy atom. The van der Waals surface area contributed by atoms with Crippen LogP contribution in [0.4, 0.5) is 5.69 Å². The van der Waals surface area contributed by atoms with Crippen LogP contribution in [0.5, 0.6) is 17.2 Å². The van der Waals surface area contributed by atoms with Gasteiger partial charge in [0.15, 0.2) is 11.5 Å². The lowest BCUT2D eigenvalue weighted by molar-refractivity contribution is 0.355. The zero-order valence-corrected chi connectivity index (χ0v) is 15.3. The van der Waals surface area contributed by atoms with Gasteiger partial charge in [-0.15, -0.1) is 10.2 Å². The molecule has 7 nitrogen and oxygen atoms in total. The van der Waals surface area contributed by atoms with Crippen molar-refractivity contribution in [3.8, 4) is 28.7 Å². The Labute approximate surface area is 155 Å². The maximum atomic E-state index is 6.02. The van der Waals surface area contributed by atoms with E-state index < -0.39 is 0 Å². The van der Waals surface area contributed by atoms with Gasteiger partial charge in [0, 0.05) is 10.6 Å². The van der Waals surface area contributed by atoms with Crippen LogP contribution in [0.15, 0.2) is 40.8 Å². The first kappa shape index (κ1) is 17.9. The van der Waals surface area contributed by atoms with Crippen molar-refractivity contribution in [3.05, 3.63) is 47.3 Å². The van der Waals surface area contributed by atoms with E-state index >= 15 is 0 Å². The van der Waals surface area contributed by atoms with Gasteiger partial charge in [-0.1, -0.05) is 11.6 Å². The normalized spacial score (nSPS) is 10.5. The zero-order valence-electron chi connectivity index (χ0n) is 14.6. The maximum absolute atomic E-state index is 6.02. The van der Waals surface area contributed by atoms with Gasteiger partial charge in [0.05, 0.1) is 33.6 Å². The van der Waals surface area contributed by atoms with Crippen molar-refractivity contribution in [2.45, 2.75) is 6.54 Å². The molecule has 1 heterocycles. The molecule has 0 aliphatic rings. The number of benzene rings is 2. The number of halogens is 1. The summed E-state index contributed by atoms with van der Waals surface area (Å²) in [7, 11) is 4.75. The van der Waals surface area contributed by atoms with E-state index in [-0.39, 0.29) is 0 Å². The van der Waals surface area contributed by atoms with Gasteiger partial charge in [-0.3, -0.25) is 0 Å². The van der Waals surface area contributed by atoms with Crippen molar-refractivity contribution in [2.75, 3.05) is 26.6 Å². The van der Waals surface area contributed by atoms with Crippen LogP contribution < -0.4 is 19.5 Å². The molecular weight excluding hydrogens is 358 g/mol. The Balaban J connectivity index is 1.75. The van der Waals surface area contributed by atoms with E-state index in [0.717, 1.165) is 11.3 Å². The van der Waals surface area contributed by atoms with Crippen molar-refractivity contribution in [3.63, 3.8) is 0 Å². The fourth-order valence-electron chi connectivity index (χ4n) is 2.40. The molecule has 0 fully saturated rings. The molecule has 0 aliphatic carbocycles. The number of hydrogen-bond acceptors (Lipinski definition) is 7. The predicted molar refractivity (Wildman–Crippen MR) is 98.2 cm³/mol. The van der Waals surface area contributed by atoms with Crippen molar-refractivity contribution in [2.24, 2.45) is 0 Å². The summed E-state index contributed by atoms with van der Waals surface area (Å²) in [6.07, 6.45) is 0. The number of rotatable bonds is 7. The van der Waals surface area contributed by atoms with Gasteiger partial charge in [-0.2, -0.15) is 0 Å². The molecule has 0 aliphatic heterocycles. The van der Waals surface area contributed by atoms with Gasteiger partial charge in [0.1, 0.15) is 5.75 Å². The molecule has 26 heavy (non-hydrogen) atoms. The molecule has 0 radical (unpaired) electrons. The first-order valence-electron chi connectivity index (χ1n) is 7.76. The zero-order chi connectivity index (χ0) is 18.5. The SMILES string of the molecule is COc1ccc(Cl)cc1NCc1nnc(-c2ccc(OC)c(OC)c2)o1. The Morgan fingerprint density at radius 1 is 0.923 bits per heavy atom. The number of aromatic nitrogens is 2. The molecule has 1 aromatic heterocycles. The summed E-state index contributed by atoms with van der Waals surface area (Å²) < 4.78 is 21.5. The minimum atomic E-state index is 0.330. The lowest BCUT2D eigenvalue weighted by Gasteiger charge is -2.09. The third-order valence-corrected chi connectivity index (χ3v) is 3.92. The topological polar surface area (TPSA) is 78.6 Å². The number of nitrogens with one attached hydrogen (secondary N) is 1. The molecule has 136 valence electrons. The molecule has 8 heteroatoms. The average Bonchev–Trinajstić information content (AvgIpc) is 3.15. The van der Waals surface area contributed by atoms with E-state index in [2.05, 4.69) is 15.5 Å². The van der Waals surface area contributed by atoms with Crippen molar-refractivity contribution >= 4 is 17.3 Å². The number of methoxy groups -OCH3 is 3. The molecule has 0 bridgehead atoms. The number of nitrogens with zero attached hydrogens (tertiary/aromatic N) is 2. The minimum absolute atomic E-state index is 0.330. The highest BCUT2D eigenvalue weighted by molar-refractivity contribution is 6.30. The Morgan fingerprint density at radius 3 is 2.38 bits per heavy atom. The highest BCUT2D eigenvalue weighted by atomic mass is 35.5. The molecule has 3 aromatic rings. The van der Waals surface area contributed by atoms with Crippen LogP contribution in [0, 0.1) is 0 Å². The lowest BCUT2D eigenvalue weighted by Crippen LogP contribution is -2.01. The quantitative estimate of drug-likeness (QED) is 0.667. The van der Waals surface area contributed by atoms with Crippen LogP contribution in [-0.4, -0.2) is 31.5 Å². The molecular formula is C18H18ClN3O4. The van der Waals surface area contributed by atoms with Crippen LogP contribution in [0.1, 0.15) is 5.89 Å². The van der Waals surface area contributed by atoms with Crippen LogP contribution >= 0.6 is 11.6 Å². The van der Waals surface area contributed by atoms with Crippen molar-refractivity contribution in [1.82, 2.24) is 10.2 Å². The van der Waals surface area contributed by atoms with Gasteiger partial charge in [-0.05, 0) is 36.4 Å².